The first-order valence-electron chi connectivity index (χ1n) is 6.59. The third-order valence-corrected chi connectivity index (χ3v) is 4.07. The quantitative estimate of drug-likeness (QED) is 0.628. The maximum Gasteiger partial charge on any atom is 0.353 e. The second kappa shape index (κ2) is 6.49. The largest absolute Gasteiger partial charge is 0.364 e. The summed E-state index contributed by atoms with van der Waals surface area (Å²) in [6.07, 6.45) is 1.32. The first-order valence-corrected chi connectivity index (χ1v) is 7.40. The SMILES string of the molecule is CCNc1ncnc(NC(C)c2ccc(C)s2)c1[N+](=O)[O-]. The minimum atomic E-state index is -0.466. The van der Waals surface area contributed by atoms with Crippen LogP contribution in [0.2, 0.25) is 0 Å². The minimum absolute atomic E-state index is 0.0632. The lowest BCUT2D eigenvalue weighted by Gasteiger charge is -2.14. The topological polar surface area (TPSA) is 93.0 Å². The molecular formula is C13H17N5O2S. The Morgan fingerprint density at radius 3 is 2.67 bits per heavy atom. The maximum atomic E-state index is 11.3. The van der Waals surface area contributed by atoms with Crippen molar-refractivity contribution in [2.45, 2.75) is 26.8 Å². The molecule has 1 atom stereocenters. The zero-order valence-electron chi connectivity index (χ0n) is 12.1. The molecule has 7 nitrogen and oxygen atoms in total. The predicted octanol–water partition coefficient (Wildman–Crippen LogP) is 3.36. The number of anilines is 2. The smallest absolute Gasteiger partial charge is 0.353 e. The van der Waals surface area contributed by atoms with E-state index in [1.165, 1.54) is 11.2 Å². The van der Waals surface area contributed by atoms with Gasteiger partial charge in [-0.05, 0) is 32.9 Å². The van der Waals surface area contributed by atoms with E-state index in [9.17, 15) is 10.1 Å². The van der Waals surface area contributed by atoms with E-state index in [0.717, 1.165) is 4.88 Å². The standard InChI is InChI=1S/C13H17N5O2S/c1-4-14-12-11(18(19)20)13(16-7-15-12)17-9(3)10-6-5-8(2)21-10/h5-7,9H,4H2,1-3H3,(H2,14,15,16,17). The monoisotopic (exact) mass is 307 g/mol. The molecule has 0 spiro atoms. The van der Waals surface area contributed by atoms with E-state index in [1.807, 2.05) is 32.9 Å². The second-order valence-electron chi connectivity index (χ2n) is 4.52. The molecule has 2 heterocycles. The van der Waals surface area contributed by atoms with Crippen LogP contribution in [-0.4, -0.2) is 21.4 Å². The van der Waals surface area contributed by atoms with Crippen LogP contribution in [0.5, 0.6) is 0 Å². The van der Waals surface area contributed by atoms with Crippen molar-refractivity contribution in [1.29, 1.82) is 0 Å². The van der Waals surface area contributed by atoms with Crippen molar-refractivity contribution in [2.75, 3.05) is 17.2 Å². The van der Waals surface area contributed by atoms with Gasteiger partial charge in [-0.25, -0.2) is 9.97 Å². The Labute approximate surface area is 126 Å². The lowest BCUT2D eigenvalue weighted by molar-refractivity contribution is -0.383. The summed E-state index contributed by atoms with van der Waals surface area (Å²) in [6.45, 7) is 6.38. The highest BCUT2D eigenvalue weighted by Crippen LogP contribution is 2.32. The summed E-state index contributed by atoms with van der Waals surface area (Å²) in [5.74, 6) is 0.457. The van der Waals surface area contributed by atoms with Gasteiger partial charge in [0.25, 0.3) is 0 Å². The van der Waals surface area contributed by atoms with Crippen LogP contribution in [0.3, 0.4) is 0 Å². The Morgan fingerprint density at radius 1 is 1.38 bits per heavy atom. The molecule has 2 aromatic heterocycles. The average Bonchev–Trinajstić information content (AvgIpc) is 2.86. The van der Waals surface area contributed by atoms with Crippen LogP contribution in [-0.2, 0) is 0 Å². The molecule has 0 saturated carbocycles. The first kappa shape index (κ1) is 15.2. The van der Waals surface area contributed by atoms with Gasteiger partial charge in [-0.2, -0.15) is 0 Å². The summed E-state index contributed by atoms with van der Waals surface area (Å²) in [4.78, 5) is 21.1. The molecule has 0 aliphatic heterocycles. The van der Waals surface area contributed by atoms with E-state index in [2.05, 4.69) is 20.6 Å². The zero-order chi connectivity index (χ0) is 15.4. The fourth-order valence-corrected chi connectivity index (χ4v) is 2.80. The highest BCUT2D eigenvalue weighted by Gasteiger charge is 2.24. The van der Waals surface area contributed by atoms with Crippen molar-refractivity contribution in [3.63, 3.8) is 0 Å². The van der Waals surface area contributed by atoms with E-state index < -0.39 is 4.92 Å². The highest BCUT2D eigenvalue weighted by molar-refractivity contribution is 7.12. The van der Waals surface area contributed by atoms with Crippen molar-refractivity contribution in [1.82, 2.24) is 9.97 Å². The number of nitro groups is 1. The molecule has 0 radical (unpaired) electrons. The molecule has 0 fully saturated rings. The Bertz CT molecular complexity index is 643. The molecule has 2 rings (SSSR count). The summed E-state index contributed by atoms with van der Waals surface area (Å²) in [5, 5.41) is 17.3. The third kappa shape index (κ3) is 3.46. The van der Waals surface area contributed by atoms with Crippen LogP contribution in [0.4, 0.5) is 17.3 Å². The molecule has 8 heteroatoms. The molecular weight excluding hydrogens is 290 g/mol. The Morgan fingerprint density at radius 2 is 2.10 bits per heavy atom. The van der Waals surface area contributed by atoms with Gasteiger partial charge in [0.15, 0.2) is 0 Å². The number of rotatable bonds is 6. The van der Waals surface area contributed by atoms with Crippen LogP contribution >= 0.6 is 11.3 Å². The van der Waals surface area contributed by atoms with Crippen LogP contribution in [0.15, 0.2) is 18.5 Å². The summed E-state index contributed by atoms with van der Waals surface area (Å²) < 4.78 is 0. The fourth-order valence-electron chi connectivity index (χ4n) is 1.92. The highest BCUT2D eigenvalue weighted by atomic mass is 32.1. The van der Waals surface area contributed by atoms with Gasteiger partial charge < -0.3 is 10.6 Å². The predicted molar refractivity (Wildman–Crippen MR) is 83.9 cm³/mol. The number of nitrogens with one attached hydrogen (secondary N) is 2. The van der Waals surface area contributed by atoms with Crippen LogP contribution in [0.1, 0.15) is 29.6 Å². The van der Waals surface area contributed by atoms with Gasteiger partial charge in [-0.1, -0.05) is 0 Å². The van der Waals surface area contributed by atoms with Crippen molar-refractivity contribution in [3.05, 3.63) is 38.3 Å². The van der Waals surface area contributed by atoms with Gasteiger partial charge in [-0.15, -0.1) is 11.3 Å². The van der Waals surface area contributed by atoms with Gasteiger partial charge in [0, 0.05) is 16.3 Å². The lowest BCUT2D eigenvalue weighted by Crippen LogP contribution is -2.11. The van der Waals surface area contributed by atoms with Gasteiger partial charge >= 0.3 is 5.69 Å². The van der Waals surface area contributed by atoms with E-state index in [1.54, 1.807) is 11.3 Å². The number of thiophene rings is 1. The summed E-state index contributed by atoms with van der Waals surface area (Å²) in [5.41, 5.74) is -0.125. The zero-order valence-corrected chi connectivity index (χ0v) is 12.9. The van der Waals surface area contributed by atoms with Crippen molar-refractivity contribution in [2.24, 2.45) is 0 Å². The Hall–Kier alpha value is -2.22. The molecule has 0 amide bonds. The number of aryl methyl sites for hydroxylation is 1. The van der Waals surface area contributed by atoms with Gasteiger partial charge in [0.1, 0.15) is 6.33 Å². The van der Waals surface area contributed by atoms with Crippen molar-refractivity contribution in [3.8, 4) is 0 Å². The van der Waals surface area contributed by atoms with Crippen molar-refractivity contribution < 1.29 is 4.92 Å². The molecule has 0 saturated heterocycles. The first-order chi connectivity index (χ1) is 10.0. The summed E-state index contributed by atoms with van der Waals surface area (Å²) in [7, 11) is 0. The van der Waals surface area contributed by atoms with Gasteiger partial charge in [0.05, 0.1) is 11.0 Å². The molecule has 21 heavy (non-hydrogen) atoms. The van der Waals surface area contributed by atoms with Crippen LogP contribution < -0.4 is 10.6 Å². The normalized spacial score (nSPS) is 12.0. The number of hydrogen-bond donors (Lipinski definition) is 2. The Balaban J connectivity index is 2.30. The second-order valence-corrected chi connectivity index (χ2v) is 5.84. The van der Waals surface area contributed by atoms with Crippen molar-refractivity contribution >= 4 is 28.7 Å². The van der Waals surface area contributed by atoms with Gasteiger partial charge in [0.2, 0.25) is 11.6 Å². The molecule has 0 bridgehead atoms. The third-order valence-electron chi connectivity index (χ3n) is 2.89. The van der Waals surface area contributed by atoms with E-state index in [-0.39, 0.29) is 23.4 Å². The summed E-state index contributed by atoms with van der Waals surface area (Å²) >= 11 is 1.65. The van der Waals surface area contributed by atoms with Crippen LogP contribution in [0.25, 0.3) is 0 Å². The van der Waals surface area contributed by atoms with E-state index >= 15 is 0 Å². The van der Waals surface area contributed by atoms with Crippen LogP contribution in [0, 0.1) is 17.0 Å². The number of nitrogens with zero attached hydrogens (tertiary/aromatic N) is 3. The molecule has 0 aliphatic rings. The minimum Gasteiger partial charge on any atom is -0.364 e. The Kier molecular flexibility index (Phi) is 4.69. The molecule has 2 aromatic rings. The molecule has 0 aliphatic carbocycles. The maximum absolute atomic E-state index is 11.3. The number of hydrogen-bond acceptors (Lipinski definition) is 7. The summed E-state index contributed by atoms with van der Waals surface area (Å²) in [6, 6.07) is 3.97. The fraction of sp³-hybridized carbons (Fsp3) is 0.385. The molecule has 2 N–H and O–H groups in total. The van der Waals surface area contributed by atoms with Gasteiger partial charge in [-0.3, -0.25) is 10.1 Å². The lowest BCUT2D eigenvalue weighted by atomic mass is 10.2. The molecule has 112 valence electrons. The average molecular weight is 307 g/mol. The van der Waals surface area contributed by atoms with E-state index in [4.69, 9.17) is 0 Å². The molecule has 0 aromatic carbocycles. The van der Waals surface area contributed by atoms with E-state index in [0.29, 0.717) is 6.54 Å². The number of aromatic nitrogens is 2. The molecule has 1 unspecified atom stereocenters.